The molecule has 2 aromatic carbocycles. The van der Waals surface area contributed by atoms with Crippen LogP contribution >= 0.6 is 8.58 Å². The number of ether oxygens (including phenoxy) is 2. The van der Waals surface area contributed by atoms with Gasteiger partial charge in [-0.05, 0) is 47.2 Å². The van der Waals surface area contributed by atoms with Gasteiger partial charge in [0.2, 0.25) is 0 Å². The molecule has 0 heterocycles. The van der Waals surface area contributed by atoms with Gasteiger partial charge in [0.15, 0.2) is 6.79 Å². The second-order valence-corrected chi connectivity index (χ2v) is 11.7. The van der Waals surface area contributed by atoms with Crippen LogP contribution in [0.4, 0.5) is 0 Å². The SMILES string of the molecule is CCCCCC(CC)(Pc1ccccc1/C=N/C)c1cc(C(C)(C)C)cc(C)c1OCOC. The van der Waals surface area contributed by atoms with Crippen molar-refractivity contribution in [3.8, 4) is 5.75 Å². The second-order valence-electron chi connectivity index (χ2n) is 9.96. The average Bonchev–Trinajstić information content (AvgIpc) is 2.78. The normalized spacial score (nSPS) is 14.3. The van der Waals surface area contributed by atoms with Crippen molar-refractivity contribution in [2.24, 2.45) is 4.99 Å². The Morgan fingerprint density at radius 3 is 2.39 bits per heavy atom. The van der Waals surface area contributed by atoms with Crippen LogP contribution < -0.4 is 10.0 Å². The lowest BCUT2D eigenvalue weighted by Crippen LogP contribution is -2.26. The highest BCUT2D eigenvalue weighted by atomic mass is 31.1. The molecule has 0 aliphatic rings. The molecular weight excluding hydrogens is 425 g/mol. The third kappa shape index (κ3) is 7.14. The van der Waals surface area contributed by atoms with Crippen molar-refractivity contribution >= 4 is 20.1 Å². The number of unbranched alkanes of at least 4 members (excludes halogenated alkanes) is 2. The lowest BCUT2D eigenvalue weighted by molar-refractivity contribution is 0.0493. The van der Waals surface area contributed by atoms with Gasteiger partial charge in [-0.2, -0.15) is 0 Å². The van der Waals surface area contributed by atoms with Crippen LogP contribution in [-0.2, 0) is 15.3 Å². The fourth-order valence-corrected chi connectivity index (χ4v) is 6.18. The maximum atomic E-state index is 6.27. The average molecular weight is 470 g/mol. The Bertz CT molecular complexity index is 916. The minimum Gasteiger partial charge on any atom is -0.467 e. The van der Waals surface area contributed by atoms with Crippen LogP contribution in [0.15, 0.2) is 41.4 Å². The van der Waals surface area contributed by atoms with E-state index in [4.69, 9.17) is 9.47 Å². The summed E-state index contributed by atoms with van der Waals surface area (Å²) in [5.41, 5.74) is 5.18. The first-order valence-electron chi connectivity index (χ1n) is 12.3. The molecule has 2 rings (SSSR count). The van der Waals surface area contributed by atoms with Crippen molar-refractivity contribution in [3.05, 3.63) is 58.7 Å². The van der Waals surface area contributed by atoms with Crippen LogP contribution in [0, 0.1) is 6.92 Å². The van der Waals surface area contributed by atoms with E-state index < -0.39 is 0 Å². The van der Waals surface area contributed by atoms with Crippen LogP contribution in [0.5, 0.6) is 5.75 Å². The molecule has 0 N–H and O–H groups in total. The van der Waals surface area contributed by atoms with Gasteiger partial charge in [0.1, 0.15) is 5.75 Å². The summed E-state index contributed by atoms with van der Waals surface area (Å²) in [6, 6.07) is 13.4. The summed E-state index contributed by atoms with van der Waals surface area (Å²) in [4.78, 5) is 4.33. The van der Waals surface area contributed by atoms with Crippen molar-refractivity contribution in [3.63, 3.8) is 0 Å². The van der Waals surface area contributed by atoms with Crippen molar-refractivity contribution in [1.82, 2.24) is 0 Å². The third-order valence-corrected chi connectivity index (χ3v) is 8.47. The Morgan fingerprint density at radius 1 is 1.06 bits per heavy atom. The van der Waals surface area contributed by atoms with Crippen molar-refractivity contribution < 1.29 is 9.47 Å². The van der Waals surface area contributed by atoms with Gasteiger partial charge in [-0.3, -0.25) is 4.99 Å². The summed E-state index contributed by atoms with van der Waals surface area (Å²) < 4.78 is 11.6. The zero-order chi connectivity index (χ0) is 24.5. The maximum Gasteiger partial charge on any atom is 0.188 e. The molecule has 2 atom stereocenters. The summed E-state index contributed by atoms with van der Waals surface area (Å²) in [5.74, 6) is 0.998. The van der Waals surface area contributed by atoms with E-state index in [1.807, 2.05) is 13.3 Å². The number of hydrogen-bond donors (Lipinski definition) is 0. The Morgan fingerprint density at radius 2 is 1.79 bits per heavy atom. The summed E-state index contributed by atoms with van der Waals surface area (Å²) in [5, 5.41) is 1.38. The Hall–Kier alpha value is -1.70. The summed E-state index contributed by atoms with van der Waals surface area (Å²) in [7, 11) is 4.17. The zero-order valence-electron chi connectivity index (χ0n) is 22.0. The van der Waals surface area contributed by atoms with E-state index in [1.54, 1.807) is 7.11 Å². The summed E-state index contributed by atoms with van der Waals surface area (Å²) >= 11 is 0. The number of rotatable bonds is 12. The molecular formula is C29H44NO2P. The van der Waals surface area contributed by atoms with Gasteiger partial charge < -0.3 is 9.47 Å². The van der Waals surface area contributed by atoms with Crippen LogP contribution in [0.25, 0.3) is 0 Å². The van der Waals surface area contributed by atoms with Crippen molar-refractivity contribution in [2.45, 2.75) is 84.2 Å². The predicted octanol–water partition coefficient (Wildman–Crippen LogP) is 7.51. The van der Waals surface area contributed by atoms with Gasteiger partial charge in [0, 0.05) is 31.1 Å². The molecule has 0 saturated carbocycles. The summed E-state index contributed by atoms with van der Waals surface area (Å²) in [6.45, 7) is 13.9. The number of methoxy groups -OCH3 is 1. The van der Waals surface area contributed by atoms with Crippen molar-refractivity contribution in [2.75, 3.05) is 21.0 Å². The molecule has 0 fully saturated rings. The molecule has 0 bridgehead atoms. The van der Waals surface area contributed by atoms with Gasteiger partial charge >= 0.3 is 0 Å². The van der Waals surface area contributed by atoms with Crippen LogP contribution in [0.2, 0.25) is 0 Å². The Balaban J connectivity index is 2.75. The van der Waals surface area contributed by atoms with E-state index in [9.17, 15) is 0 Å². The lowest BCUT2D eigenvalue weighted by Gasteiger charge is -2.37. The first kappa shape index (κ1) is 27.5. The molecule has 2 aromatic rings. The van der Waals surface area contributed by atoms with E-state index in [-0.39, 0.29) is 17.4 Å². The molecule has 3 nitrogen and oxygen atoms in total. The molecule has 0 spiro atoms. The molecule has 0 aromatic heterocycles. The van der Waals surface area contributed by atoms with Crippen LogP contribution in [-0.4, -0.2) is 27.2 Å². The van der Waals surface area contributed by atoms with Crippen LogP contribution in [0.3, 0.4) is 0 Å². The quantitative estimate of drug-likeness (QED) is 0.139. The fraction of sp³-hybridized carbons (Fsp3) is 0.552. The molecule has 4 heteroatoms. The number of aryl methyl sites for hydroxylation is 1. The van der Waals surface area contributed by atoms with Gasteiger partial charge in [-0.15, -0.1) is 0 Å². The monoisotopic (exact) mass is 469 g/mol. The van der Waals surface area contributed by atoms with E-state index in [1.165, 1.54) is 46.8 Å². The minimum absolute atomic E-state index is 0.00193. The molecule has 182 valence electrons. The topological polar surface area (TPSA) is 30.8 Å². The number of hydrogen-bond acceptors (Lipinski definition) is 3. The predicted molar refractivity (Wildman–Crippen MR) is 146 cm³/mol. The van der Waals surface area contributed by atoms with E-state index in [0.29, 0.717) is 8.58 Å². The summed E-state index contributed by atoms with van der Waals surface area (Å²) in [6.07, 6.45) is 7.87. The fourth-order valence-electron chi connectivity index (χ4n) is 4.39. The number of nitrogens with zero attached hydrogens (tertiary/aromatic N) is 1. The molecule has 0 aliphatic heterocycles. The van der Waals surface area contributed by atoms with Gasteiger partial charge in [-0.1, -0.05) is 98.9 Å². The molecule has 33 heavy (non-hydrogen) atoms. The Labute approximate surface area is 204 Å². The first-order valence-corrected chi connectivity index (χ1v) is 13.3. The minimum atomic E-state index is 0.00193. The third-order valence-electron chi connectivity index (χ3n) is 6.39. The van der Waals surface area contributed by atoms with Crippen LogP contribution in [0.1, 0.15) is 89.0 Å². The largest absolute Gasteiger partial charge is 0.467 e. The number of aliphatic imine (C=N–C) groups is 1. The van der Waals surface area contributed by atoms with Gasteiger partial charge in [0.25, 0.3) is 0 Å². The molecule has 2 unspecified atom stereocenters. The highest BCUT2D eigenvalue weighted by Gasteiger charge is 2.35. The first-order chi connectivity index (χ1) is 15.7. The maximum absolute atomic E-state index is 6.27. The highest BCUT2D eigenvalue weighted by molar-refractivity contribution is 7.48. The van der Waals surface area contributed by atoms with E-state index in [2.05, 4.69) is 82.9 Å². The molecule has 0 aliphatic carbocycles. The standard InChI is InChI=1S/C29H44NO2P/c1-9-11-14-17-29(10-2,33-26-16-13-12-15-23(26)20-30-7)25-19-24(28(4,5)6)18-22(3)27(25)32-21-31-8/h12-13,15-16,18-20,33H,9-11,14,17,21H2,1-8H3/b30-20+. The molecule has 0 radical (unpaired) electrons. The highest BCUT2D eigenvalue weighted by Crippen LogP contribution is 2.53. The second kappa shape index (κ2) is 12.7. The van der Waals surface area contributed by atoms with E-state index >= 15 is 0 Å². The molecule has 0 amide bonds. The number of benzene rings is 2. The van der Waals surface area contributed by atoms with E-state index in [0.717, 1.165) is 18.6 Å². The smallest absolute Gasteiger partial charge is 0.188 e. The zero-order valence-corrected chi connectivity index (χ0v) is 23.0. The van der Waals surface area contributed by atoms with Gasteiger partial charge in [0.05, 0.1) is 0 Å². The van der Waals surface area contributed by atoms with Gasteiger partial charge in [-0.25, -0.2) is 0 Å². The Kier molecular flexibility index (Phi) is 10.6. The lowest BCUT2D eigenvalue weighted by atomic mass is 9.80. The molecule has 0 saturated heterocycles. The van der Waals surface area contributed by atoms with Crippen molar-refractivity contribution in [1.29, 1.82) is 0 Å².